The lowest BCUT2D eigenvalue weighted by atomic mass is 10.3. The summed E-state index contributed by atoms with van der Waals surface area (Å²) in [6, 6.07) is 2.52. The predicted molar refractivity (Wildman–Crippen MR) is 83.4 cm³/mol. The van der Waals surface area contributed by atoms with Crippen molar-refractivity contribution in [1.29, 1.82) is 0 Å². The Hall–Kier alpha value is -2.08. The second kappa shape index (κ2) is 6.79. The topological polar surface area (TPSA) is 77.1 Å². The molecule has 7 heteroatoms. The number of rotatable bonds is 5. The Morgan fingerprint density at radius 3 is 2.68 bits per heavy atom. The Kier molecular flexibility index (Phi) is 5.03. The van der Waals surface area contributed by atoms with Gasteiger partial charge in [0.15, 0.2) is 11.2 Å². The third kappa shape index (κ3) is 3.76. The number of aromatic nitrogens is 2. The Bertz CT molecular complexity index is 749. The zero-order chi connectivity index (χ0) is 16.3. The van der Waals surface area contributed by atoms with Gasteiger partial charge in [0.1, 0.15) is 5.76 Å². The molecule has 2 aromatic rings. The van der Waals surface area contributed by atoms with Gasteiger partial charge in [-0.2, -0.15) is 5.10 Å². The minimum atomic E-state index is -0.396. The number of nitrogens with one attached hydrogen (secondary N) is 1. The molecule has 6 nitrogen and oxygen atoms in total. The maximum atomic E-state index is 11.9. The van der Waals surface area contributed by atoms with Gasteiger partial charge in [0.2, 0.25) is 0 Å². The third-order valence-electron chi connectivity index (χ3n) is 3.24. The smallest absolute Gasteiger partial charge is 0.287 e. The lowest BCUT2D eigenvalue weighted by Gasteiger charge is -2.06. The maximum Gasteiger partial charge on any atom is 0.287 e. The molecule has 0 aromatic carbocycles. The van der Waals surface area contributed by atoms with Gasteiger partial charge < -0.3 is 9.73 Å². The second-order valence-corrected chi connectivity index (χ2v) is 5.46. The molecule has 2 rings (SSSR count). The van der Waals surface area contributed by atoms with Crippen molar-refractivity contribution < 1.29 is 9.21 Å². The van der Waals surface area contributed by atoms with Crippen LogP contribution in [-0.2, 0) is 6.54 Å². The molecule has 1 amide bonds. The minimum Gasteiger partial charge on any atom is -0.456 e. The highest BCUT2D eigenvalue weighted by Crippen LogP contribution is 2.18. The van der Waals surface area contributed by atoms with Gasteiger partial charge in [-0.1, -0.05) is 11.6 Å². The lowest BCUT2D eigenvalue weighted by Crippen LogP contribution is -2.26. The minimum absolute atomic E-state index is 0.0270. The van der Waals surface area contributed by atoms with Crippen LogP contribution < -0.4 is 10.7 Å². The van der Waals surface area contributed by atoms with Gasteiger partial charge in [-0.15, -0.1) is 0 Å². The van der Waals surface area contributed by atoms with Crippen LogP contribution in [0.2, 0.25) is 5.02 Å². The number of carbonyl (C=O) groups is 1. The first-order valence-corrected chi connectivity index (χ1v) is 7.36. The van der Waals surface area contributed by atoms with Crippen LogP contribution in [0.5, 0.6) is 0 Å². The first-order chi connectivity index (χ1) is 10.4. The SMILES string of the molecule is Cc1cc(=O)cc(C(=O)NCCCn2nc(C)c(Cl)c2C)o1. The summed E-state index contributed by atoms with van der Waals surface area (Å²) in [6.07, 6.45) is 0.695. The molecule has 0 atom stereocenters. The van der Waals surface area contributed by atoms with E-state index < -0.39 is 5.91 Å². The molecule has 1 N–H and O–H groups in total. The van der Waals surface area contributed by atoms with E-state index in [1.54, 1.807) is 6.92 Å². The Labute approximate surface area is 133 Å². The van der Waals surface area contributed by atoms with Crippen LogP contribution >= 0.6 is 11.6 Å². The van der Waals surface area contributed by atoms with Gasteiger partial charge >= 0.3 is 0 Å². The molecule has 0 radical (unpaired) electrons. The molecule has 0 saturated carbocycles. The summed E-state index contributed by atoms with van der Waals surface area (Å²) in [4.78, 5) is 23.2. The zero-order valence-electron chi connectivity index (χ0n) is 12.8. The van der Waals surface area contributed by atoms with Gasteiger partial charge in [-0.05, 0) is 27.2 Å². The van der Waals surface area contributed by atoms with E-state index in [0.29, 0.717) is 30.3 Å². The molecular weight excluding hydrogens is 306 g/mol. The van der Waals surface area contributed by atoms with Gasteiger partial charge in [-0.3, -0.25) is 14.3 Å². The van der Waals surface area contributed by atoms with E-state index in [4.69, 9.17) is 16.0 Å². The van der Waals surface area contributed by atoms with E-state index in [0.717, 1.165) is 11.4 Å². The number of carbonyl (C=O) groups excluding carboxylic acids is 1. The summed E-state index contributed by atoms with van der Waals surface area (Å²) in [5.74, 6) is 0.0429. The van der Waals surface area contributed by atoms with Crippen molar-refractivity contribution in [2.75, 3.05) is 6.54 Å². The van der Waals surface area contributed by atoms with Gasteiger partial charge in [0, 0.05) is 25.2 Å². The van der Waals surface area contributed by atoms with Crippen molar-refractivity contribution in [3.05, 3.63) is 50.3 Å². The number of halogens is 1. The van der Waals surface area contributed by atoms with Crippen LogP contribution in [-0.4, -0.2) is 22.2 Å². The summed E-state index contributed by atoms with van der Waals surface area (Å²) in [5, 5.41) is 7.71. The summed E-state index contributed by atoms with van der Waals surface area (Å²) >= 11 is 6.08. The highest BCUT2D eigenvalue weighted by atomic mass is 35.5. The van der Waals surface area contributed by atoms with Crippen molar-refractivity contribution in [3.63, 3.8) is 0 Å². The standard InChI is InChI=1S/C15H18ClN3O3/c1-9-7-12(20)8-13(22-9)15(21)17-5-4-6-19-11(3)14(16)10(2)18-19/h7-8H,4-6H2,1-3H3,(H,17,21). The van der Waals surface area contributed by atoms with E-state index >= 15 is 0 Å². The maximum absolute atomic E-state index is 11.9. The van der Waals surface area contributed by atoms with Gasteiger partial charge in [0.25, 0.3) is 5.91 Å². The molecule has 0 bridgehead atoms. The monoisotopic (exact) mass is 323 g/mol. The predicted octanol–water partition coefficient (Wildman–Crippen LogP) is 2.24. The molecule has 2 aromatic heterocycles. The van der Waals surface area contributed by atoms with E-state index in [-0.39, 0.29) is 11.2 Å². The molecule has 0 aliphatic heterocycles. The van der Waals surface area contributed by atoms with Gasteiger partial charge in [-0.25, -0.2) is 0 Å². The quantitative estimate of drug-likeness (QED) is 0.856. The van der Waals surface area contributed by atoms with Gasteiger partial charge in [0.05, 0.1) is 16.4 Å². The third-order valence-corrected chi connectivity index (χ3v) is 3.79. The first-order valence-electron chi connectivity index (χ1n) is 6.98. The van der Waals surface area contributed by atoms with E-state index in [9.17, 15) is 9.59 Å². The number of aryl methyl sites for hydroxylation is 3. The van der Waals surface area contributed by atoms with Crippen LogP contribution in [0, 0.1) is 20.8 Å². The van der Waals surface area contributed by atoms with Crippen molar-refractivity contribution in [1.82, 2.24) is 15.1 Å². The number of nitrogens with zero attached hydrogens (tertiary/aromatic N) is 2. The van der Waals surface area contributed by atoms with Crippen LogP contribution in [0.15, 0.2) is 21.3 Å². The lowest BCUT2D eigenvalue weighted by molar-refractivity contribution is 0.0920. The fourth-order valence-corrected chi connectivity index (χ4v) is 2.26. The van der Waals surface area contributed by atoms with E-state index in [1.165, 1.54) is 12.1 Å². The number of hydrogen-bond acceptors (Lipinski definition) is 4. The zero-order valence-corrected chi connectivity index (χ0v) is 13.5. The summed E-state index contributed by atoms with van der Waals surface area (Å²) in [5.41, 5.74) is 1.46. The Morgan fingerprint density at radius 1 is 1.36 bits per heavy atom. The fourth-order valence-electron chi connectivity index (χ4n) is 2.13. The molecule has 118 valence electrons. The van der Waals surface area contributed by atoms with Crippen molar-refractivity contribution in [3.8, 4) is 0 Å². The van der Waals surface area contributed by atoms with Crippen molar-refractivity contribution >= 4 is 17.5 Å². The average molecular weight is 324 g/mol. The normalized spacial score (nSPS) is 10.7. The summed E-state index contributed by atoms with van der Waals surface area (Å²) in [6.45, 7) is 6.49. The van der Waals surface area contributed by atoms with Crippen LogP contribution in [0.1, 0.15) is 34.1 Å². The molecule has 0 aliphatic rings. The molecule has 0 fully saturated rings. The van der Waals surface area contributed by atoms with Crippen LogP contribution in [0.4, 0.5) is 0 Å². The highest BCUT2D eigenvalue weighted by Gasteiger charge is 2.11. The summed E-state index contributed by atoms with van der Waals surface area (Å²) < 4.78 is 7.04. The Balaban J connectivity index is 1.87. The molecule has 0 aliphatic carbocycles. The molecule has 2 heterocycles. The van der Waals surface area contributed by atoms with E-state index in [2.05, 4.69) is 10.4 Å². The van der Waals surface area contributed by atoms with Crippen LogP contribution in [0.3, 0.4) is 0 Å². The molecule has 0 saturated heterocycles. The molecular formula is C15H18ClN3O3. The first kappa shape index (κ1) is 16.3. The van der Waals surface area contributed by atoms with Crippen molar-refractivity contribution in [2.24, 2.45) is 0 Å². The van der Waals surface area contributed by atoms with Crippen LogP contribution in [0.25, 0.3) is 0 Å². The second-order valence-electron chi connectivity index (χ2n) is 5.09. The average Bonchev–Trinajstić information content (AvgIpc) is 2.69. The van der Waals surface area contributed by atoms with Crippen molar-refractivity contribution in [2.45, 2.75) is 33.7 Å². The largest absolute Gasteiger partial charge is 0.456 e. The molecule has 0 spiro atoms. The highest BCUT2D eigenvalue weighted by molar-refractivity contribution is 6.31. The van der Waals surface area contributed by atoms with E-state index in [1.807, 2.05) is 18.5 Å². The molecule has 22 heavy (non-hydrogen) atoms. The summed E-state index contributed by atoms with van der Waals surface area (Å²) in [7, 11) is 0. The fraction of sp³-hybridized carbons (Fsp3) is 0.400. The number of amides is 1. The molecule has 0 unspecified atom stereocenters. The number of hydrogen-bond donors (Lipinski definition) is 1. The Morgan fingerprint density at radius 2 is 2.09 bits per heavy atom.